The SMILES string of the molecule is Cc1cc(C(Cn2cncn2)=C(c2ccc(O)cc2)c2ccc(O)cc2)ccc1O. The van der Waals surface area contributed by atoms with Crippen LogP contribution in [0.5, 0.6) is 17.2 Å². The van der Waals surface area contributed by atoms with E-state index in [0.29, 0.717) is 6.54 Å². The molecule has 0 atom stereocenters. The molecular formula is C24H21N3O3. The first-order valence-electron chi connectivity index (χ1n) is 9.45. The van der Waals surface area contributed by atoms with E-state index in [0.717, 1.165) is 33.4 Å². The molecule has 0 aliphatic carbocycles. The molecule has 30 heavy (non-hydrogen) atoms. The van der Waals surface area contributed by atoms with E-state index in [1.54, 1.807) is 41.3 Å². The van der Waals surface area contributed by atoms with Crippen LogP contribution in [0.4, 0.5) is 0 Å². The molecule has 1 heterocycles. The predicted molar refractivity (Wildman–Crippen MR) is 115 cm³/mol. The molecule has 0 amide bonds. The first-order valence-corrected chi connectivity index (χ1v) is 9.45. The van der Waals surface area contributed by atoms with Crippen molar-refractivity contribution in [2.24, 2.45) is 0 Å². The van der Waals surface area contributed by atoms with Gasteiger partial charge in [-0.05, 0) is 76.7 Å². The zero-order valence-electron chi connectivity index (χ0n) is 16.4. The Kier molecular flexibility index (Phi) is 5.22. The highest BCUT2D eigenvalue weighted by atomic mass is 16.3. The van der Waals surface area contributed by atoms with E-state index >= 15 is 0 Å². The minimum atomic E-state index is 0.183. The van der Waals surface area contributed by atoms with Gasteiger partial charge in [0.15, 0.2) is 0 Å². The molecule has 0 bridgehead atoms. The second-order valence-electron chi connectivity index (χ2n) is 7.04. The van der Waals surface area contributed by atoms with Crippen LogP contribution < -0.4 is 0 Å². The number of aromatic hydroxyl groups is 3. The summed E-state index contributed by atoms with van der Waals surface area (Å²) in [5, 5.41) is 33.8. The number of hydrogen-bond acceptors (Lipinski definition) is 5. The lowest BCUT2D eigenvalue weighted by molar-refractivity contribution is 0.471. The van der Waals surface area contributed by atoms with Gasteiger partial charge in [0, 0.05) is 0 Å². The summed E-state index contributed by atoms with van der Waals surface area (Å²) in [5.41, 5.74) is 5.38. The van der Waals surface area contributed by atoms with Gasteiger partial charge in [0.2, 0.25) is 0 Å². The molecule has 0 aliphatic heterocycles. The van der Waals surface area contributed by atoms with Crippen LogP contribution in [0, 0.1) is 6.92 Å². The van der Waals surface area contributed by atoms with E-state index in [-0.39, 0.29) is 17.2 Å². The highest BCUT2D eigenvalue weighted by molar-refractivity contribution is 5.98. The van der Waals surface area contributed by atoms with E-state index in [4.69, 9.17) is 0 Å². The topological polar surface area (TPSA) is 91.4 Å². The van der Waals surface area contributed by atoms with Gasteiger partial charge in [-0.2, -0.15) is 5.10 Å². The molecule has 4 aromatic rings. The molecule has 0 aliphatic rings. The van der Waals surface area contributed by atoms with Gasteiger partial charge in [0.05, 0.1) is 6.54 Å². The molecule has 150 valence electrons. The molecule has 3 aromatic carbocycles. The first-order chi connectivity index (χ1) is 14.5. The van der Waals surface area contributed by atoms with Gasteiger partial charge in [-0.1, -0.05) is 30.3 Å². The minimum Gasteiger partial charge on any atom is -0.508 e. The van der Waals surface area contributed by atoms with Gasteiger partial charge in [-0.15, -0.1) is 0 Å². The quantitative estimate of drug-likeness (QED) is 0.434. The number of phenols is 3. The molecule has 0 saturated heterocycles. The number of hydrogen-bond donors (Lipinski definition) is 3. The number of phenolic OH excluding ortho intramolecular Hbond substituents is 3. The first kappa shape index (κ1) is 19.3. The Bertz CT molecular complexity index is 1130. The third-order valence-corrected chi connectivity index (χ3v) is 4.95. The summed E-state index contributed by atoms with van der Waals surface area (Å²) in [6.07, 6.45) is 3.14. The predicted octanol–water partition coefficient (Wildman–Crippen LogP) is 4.36. The molecule has 0 saturated carbocycles. The molecule has 4 rings (SSSR count). The van der Waals surface area contributed by atoms with Gasteiger partial charge in [0.25, 0.3) is 0 Å². The molecule has 6 nitrogen and oxygen atoms in total. The fourth-order valence-electron chi connectivity index (χ4n) is 3.41. The lowest BCUT2D eigenvalue weighted by atomic mass is 9.88. The number of nitrogens with zero attached hydrogens (tertiary/aromatic N) is 3. The van der Waals surface area contributed by atoms with Gasteiger partial charge in [-0.3, -0.25) is 0 Å². The maximum Gasteiger partial charge on any atom is 0.137 e. The third kappa shape index (κ3) is 4.03. The van der Waals surface area contributed by atoms with Crippen molar-refractivity contribution in [3.05, 3.63) is 102 Å². The fraction of sp³-hybridized carbons (Fsp3) is 0.0833. The van der Waals surface area contributed by atoms with Gasteiger partial charge >= 0.3 is 0 Å². The summed E-state index contributed by atoms with van der Waals surface area (Å²) in [6, 6.07) is 19.5. The van der Waals surface area contributed by atoms with Crippen molar-refractivity contribution < 1.29 is 15.3 Å². The zero-order valence-corrected chi connectivity index (χ0v) is 16.4. The number of allylic oxidation sites excluding steroid dienone is 1. The molecular weight excluding hydrogens is 378 g/mol. The van der Waals surface area contributed by atoms with Gasteiger partial charge in [-0.25, -0.2) is 9.67 Å². The van der Waals surface area contributed by atoms with Crippen LogP contribution >= 0.6 is 0 Å². The maximum absolute atomic E-state index is 10.0. The highest BCUT2D eigenvalue weighted by Gasteiger charge is 2.16. The van der Waals surface area contributed by atoms with Gasteiger partial charge < -0.3 is 15.3 Å². The molecule has 0 radical (unpaired) electrons. The largest absolute Gasteiger partial charge is 0.508 e. The Morgan fingerprint density at radius 3 is 1.87 bits per heavy atom. The van der Waals surface area contributed by atoms with Crippen molar-refractivity contribution in [1.82, 2.24) is 14.8 Å². The minimum absolute atomic E-state index is 0.183. The zero-order chi connectivity index (χ0) is 21.1. The Morgan fingerprint density at radius 1 is 0.800 bits per heavy atom. The molecule has 0 fully saturated rings. The van der Waals surface area contributed by atoms with Crippen LogP contribution in [0.15, 0.2) is 79.4 Å². The highest BCUT2D eigenvalue weighted by Crippen LogP contribution is 2.36. The van der Waals surface area contributed by atoms with Crippen molar-refractivity contribution in [2.45, 2.75) is 13.5 Å². The standard InChI is InChI=1S/C24H21N3O3/c1-16-12-19(6-11-23(16)30)22(13-27-15-25-14-26-27)24(17-2-7-20(28)8-3-17)18-4-9-21(29)10-5-18/h2-12,14-15,28-30H,13H2,1H3. The third-order valence-electron chi connectivity index (χ3n) is 4.95. The molecule has 3 N–H and O–H groups in total. The number of aromatic nitrogens is 3. The number of benzene rings is 3. The van der Waals surface area contributed by atoms with E-state index in [1.807, 2.05) is 43.3 Å². The van der Waals surface area contributed by atoms with Crippen LogP contribution in [-0.4, -0.2) is 30.1 Å². The second kappa shape index (κ2) is 8.13. The molecule has 1 aromatic heterocycles. The van der Waals surface area contributed by atoms with E-state index in [9.17, 15) is 15.3 Å². The van der Waals surface area contributed by atoms with Crippen molar-refractivity contribution in [3.8, 4) is 17.2 Å². The maximum atomic E-state index is 10.0. The van der Waals surface area contributed by atoms with E-state index in [2.05, 4.69) is 10.1 Å². The van der Waals surface area contributed by atoms with E-state index < -0.39 is 0 Å². The van der Waals surface area contributed by atoms with Crippen molar-refractivity contribution in [1.29, 1.82) is 0 Å². The number of aryl methyl sites for hydroxylation is 1. The summed E-state index contributed by atoms with van der Waals surface area (Å²) in [5.74, 6) is 0.596. The fourth-order valence-corrected chi connectivity index (χ4v) is 3.41. The lowest BCUT2D eigenvalue weighted by Gasteiger charge is -2.18. The normalized spacial score (nSPS) is 10.7. The Balaban J connectivity index is 2.01. The monoisotopic (exact) mass is 399 g/mol. The molecule has 0 unspecified atom stereocenters. The average Bonchev–Trinajstić information content (AvgIpc) is 3.25. The van der Waals surface area contributed by atoms with Crippen molar-refractivity contribution in [3.63, 3.8) is 0 Å². The van der Waals surface area contributed by atoms with Crippen LogP contribution in [0.1, 0.15) is 22.3 Å². The van der Waals surface area contributed by atoms with Crippen LogP contribution in [0.3, 0.4) is 0 Å². The second-order valence-corrected chi connectivity index (χ2v) is 7.04. The van der Waals surface area contributed by atoms with Gasteiger partial charge in [0.1, 0.15) is 29.9 Å². The van der Waals surface area contributed by atoms with Crippen LogP contribution in [0.25, 0.3) is 11.1 Å². The summed E-state index contributed by atoms with van der Waals surface area (Å²) >= 11 is 0. The summed E-state index contributed by atoms with van der Waals surface area (Å²) in [7, 11) is 0. The van der Waals surface area contributed by atoms with E-state index in [1.165, 1.54) is 6.33 Å². The average molecular weight is 399 g/mol. The van der Waals surface area contributed by atoms with Crippen LogP contribution in [-0.2, 0) is 6.54 Å². The summed E-state index contributed by atoms with van der Waals surface area (Å²) in [4.78, 5) is 4.05. The van der Waals surface area contributed by atoms with Crippen molar-refractivity contribution in [2.75, 3.05) is 0 Å². The Hall–Kier alpha value is -4.06. The summed E-state index contributed by atoms with van der Waals surface area (Å²) < 4.78 is 1.73. The molecule has 0 spiro atoms. The van der Waals surface area contributed by atoms with Crippen LogP contribution in [0.2, 0.25) is 0 Å². The Morgan fingerprint density at radius 2 is 1.37 bits per heavy atom. The lowest BCUT2D eigenvalue weighted by Crippen LogP contribution is -2.05. The molecule has 6 heteroatoms. The summed E-state index contributed by atoms with van der Waals surface area (Å²) in [6.45, 7) is 2.30. The van der Waals surface area contributed by atoms with Crippen molar-refractivity contribution >= 4 is 11.1 Å². The Labute approximate surface area is 174 Å². The number of rotatable bonds is 5. The smallest absolute Gasteiger partial charge is 0.137 e.